The van der Waals surface area contributed by atoms with Crippen LogP contribution in [0.3, 0.4) is 0 Å². The van der Waals surface area contributed by atoms with Gasteiger partial charge in [0.2, 0.25) is 0 Å². The molecule has 0 aliphatic heterocycles. The van der Waals surface area contributed by atoms with Crippen LogP contribution in [0, 0.1) is 6.92 Å². The van der Waals surface area contributed by atoms with Gasteiger partial charge in [0.05, 0.1) is 18.5 Å². The Morgan fingerprint density at radius 1 is 1.05 bits per heavy atom. The van der Waals surface area contributed by atoms with Crippen molar-refractivity contribution in [3.8, 4) is 17.0 Å². The number of aromatic nitrogens is 2. The largest absolute Gasteiger partial charge is 0.497 e. The summed E-state index contributed by atoms with van der Waals surface area (Å²) in [5.41, 5.74) is 5.61. The Morgan fingerprint density at radius 2 is 1.73 bits per heavy atom. The zero-order valence-corrected chi connectivity index (χ0v) is 13.8. The number of methoxy groups -OCH3 is 1. The Morgan fingerprint density at radius 3 is 2.32 bits per heavy atom. The molecule has 2 aromatic heterocycles. The van der Waals surface area contributed by atoms with Gasteiger partial charge in [-0.25, -0.2) is 4.98 Å². The first-order valence-electron chi connectivity index (χ1n) is 7.54. The number of hydrogen-bond acceptors (Lipinski definition) is 2. The van der Waals surface area contributed by atoms with Crippen molar-refractivity contribution < 1.29 is 4.74 Å². The first-order chi connectivity index (χ1) is 10.4. The summed E-state index contributed by atoms with van der Waals surface area (Å²) in [4.78, 5) is 4.93. The Balaban J connectivity index is 2.30. The molecule has 3 nitrogen and oxygen atoms in total. The van der Waals surface area contributed by atoms with E-state index in [-0.39, 0.29) is 5.41 Å². The highest BCUT2D eigenvalue weighted by Crippen LogP contribution is 2.34. The molecule has 114 valence electrons. The highest BCUT2D eigenvalue weighted by atomic mass is 16.5. The SMILES string of the molecule is COc1ccc(-c2nc3c(C)cccn3c2C(C)(C)C)cc1. The molecule has 3 rings (SSSR count). The van der Waals surface area contributed by atoms with E-state index in [1.54, 1.807) is 7.11 Å². The Labute approximate surface area is 131 Å². The van der Waals surface area contributed by atoms with Gasteiger partial charge >= 0.3 is 0 Å². The summed E-state index contributed by atoms with van der Waals surface area (Å²) in [6, 6.07) is 12.3. The predicted octanol–water partition coefficient (Wildman–Crippen LogP) is 4.62. The molecular weight excluding hydrogens is 272 g/mol. The van der Waals surface area contributed by atoms with Gasteiger partial charge in [0.15, 0.2) is 0 Å². The van der Waals surface area contributed by atoms with Crippen molar-refractivity contribution in [2.45, 2.75) is 33.1 Å². The van der Waals surface area contributed by atoms with E-state index < -0.39 is 0 Å². The van der Waals surface area contributed by atoms with Gasteiger partial charge in [0.25, 0.3) is 0 Å². The third-order valence-corrected chi connectivity index (χ3v) is 3.92. The van der Waals surface area contributed by atoms with Gasteiger partial charge in [-0.05, 0) is 42.8 Å². The number of imidazole rings is 1. The molecule has 0 spiro atoms. The number of ether oxygens (including phenoxy) is 1. The zero-order valence-electron chi connectivity index (χ0n) is 13.8. The van der Waals surface area contributed by atoms with Crippen molar-refractivity contribution in [2.24, 2.45) is 0 Å². The summed E-state index contributed by atoms with van der Waals surface area (Å²) >= 11 is 0. The number of pyridine rings is 1. The maximum Gasteiger partial charge on any atom is 0.140 e. The number of aryl methyl sites for hydroxylation is 1. The van der Waals surface area contributed by atoms with Crippen LogP contribution in [0.5, 0.6) is 5.75 Å². The minimum atomic E-state index is 0.00245. The second-order valence-corrected chi connectivity index (χ2v) is 6.67. The molecule has 0 saturated heterocycles. The molecule has 2 heterocycles. The third-order valence-electron chi connectivity index (χ3n) is 3.92. The lowest BCUT2D eigenvalue weighted by molar-refractivity contribution is 0.415. The van der Waals surface area contributed by atoms with Crippen LogP contribution in [0.4, 0.5) is 0 Å². The summed E-state index contributed by atoms with van der Waals surface area (Å²) in [6.45, 7) is 8.79. The maximum atomic E-state index is 5.25. The van der Waals surface area contributed by atoms with Crippen molar-refractivity contribution >= 4 is 5.65 Å². The third kappa shape index (κ3) is 2.37. The second-order valence-electron chi connectivity index (χ2n) is 6.67. The van der Waals surface area contributed by atoms with Gasteiger partial charge < -0.3 is 9.14 Å². The van der Waals surface area contributed by atoms with Crippen molar-refractivity contribution in [1.82, 2.24) is 9.38 Å². The van der Waals surface area contributed by atoms with Crippen molar-refractivity contribution in [3.05, 3.63) is 53.9 Å². The van der Waals surface area contributed by atoms with Crippen molar-refractivity contribution in [2.75, 3.05) is 7.11 Å². The van der Waals surface area contributed by atoms with Crippen LogP contribution in [-0.2, 0) is 5.41 Å². The summed E-state index contributed by atoms with van der Waals surface area (Å²) in [5.74, 6) is 0.862. The Bertz CT molecular complexity index is 808. The average Bonchev–Trinajstić information content (AvgIpc) is 2.88. The smallest absolute Gasteiger partial charge is 0.140 e. The maximum absolute atomic E-state index is 5.25. The van der Waals surface area contributed by atoms with Gasteiger partial charge in [-0.15, -0.1) is 0 Å². The molecule has 0 unspecified atom stereocenters. The lowest BCUT2D eigenvalue weighted by atomic mass is 9.89. The molecule has 0 atom stereocenters. The van der Waals surface area contributed by atoms with Crippen LogP contribution in [-0.4, -0.2) is 16.5 Å². The molecule has 3 aromatic rings. The minimum Gasteiger partial charge on any atom is -0.497 e. The molecule has 0 fully saturated rings. The van der Waals surface area contributed by atoms with Gasteiger partial charge in [-0.1, -0.05) is 26.8 Å². The fraction of sp³-hybridized carbons (Fsp3) is 0.316. The number of rotatable bonds is 2. The fourth-order valence-corrected chi connectivity index (χ4v) is 2.87. The predicted molar refractivity (Wildman–Crippen MR) is 90.6 cm³/mol. The standard InChI is InChI=1S/C19H22N2O/c1-13-7-6-12-21-17(19(2,3)4)16(20-18(13)21)14-8-10-15(22-5)11-9-14/h6-12H,1-5H3. The summed E-state index contributed by atoms with van der Waals surface area (Å²) in [5, 5.41) is 0. The molecule has 22 heavy (non-hydrogen) atoms. The monoisotopic (exact) mass is 294 g/mol. The van der Waals surface area contributed by atoms with Crippen molar-refractivity contribution in [1.29, 1.82) is 0 Å². The van der Waals surface area contributed by atoms with E-state index >= 15 is 0 Å². The van der Waals surface area contributed by atoms with Gasteiger partial charge in [-0.2, -0.15) is 0 Å². The zero-order chi connectivity index (χ0) is 15.9. The van der Waals surface area contributed by atoms with Crippen LogP contribution in [0.2, 0.25) is 0 Å². The van der Waals surface area contributed by atoms with Gasteiger partial charge in [-0.3, -0.25) is 0 Å². The molecule has 0 radical (unpaired) electrons. The normalized spacial score (nSPS) is 11.9. The van der Waals surface area contributed by atoms with E-state index in [4.69, 9.17) is 9.72 Å². The first kappa shape index (κ1) is 14.6. The van der Waals surface area contributed by atoms with Crippen LogP contribution in [0.25, 0.3) is 16.9 Å². The van der Waals surface area contributed by atoms with Gasteiger partial charge in [0, 0.05) is 17.2 Å². The van der Waals surface area contributed by atoms with Crippen LogP contribution < -0.4 is 4.74 Å². The van der Waals surface area contributed by atoms with E-state index in [0.717, 1.165) is 22.7 Å². The van der Waals surface area contributed by atoms with Crippen LogP contribution in [0.1, 0.15) is 32.0 Å². The molecule has 0 aliphatic rings. The highest BCUT2D eigenvalue weighted by molar-refractivity contribution is 5.69. The molecule has 0 aliphatic carbocycles. The number of fused-ring (bicyclic) bond motifs is 1. The minimum absolute atomic E-state index is 0.00245. The highest BCUT2D eigenvalue weighted by Gasteiger charge is 2.25. The molecular formula is C19H22N2O. The molecule has 0 amide bonds. The van der Waals surface area contributed by atoms with Gasteiger partial charge in [0.1, 0.15) is 11.4 Å². The summed E-state index contributed by atoms with van der Waals surface area (Å²) in [6.07, 6.45) is 2.10. The van der Waals surface area contributed by atoms with E-state index in [1.807, 2.05) is 12.1 Å². The molecule has 3 heteroatoms. The molecule has 0 bridgehead atoms. The van der Waals surface area contributed by atoms with E-state index in [9.17, 15) is 0 Å². The second kappa shape index (κ2) is 5.16. The summed E-state index contributed by atoms with van der Waals surface area (Å²) < 4.78 is 7.47. The lowest BCUT2D eigenvalue weighted by Gasteiger charge is -2.20. The van der Waals surface area contributed by atoms with E-state index in [0.29, 0.717) is 0 Å². The molecule has 0 N–H and O–H groups in total. The van der Waals surface area contributed by atoms with Crippen LogP contribution >= 0.6 is 0 Å². The quantitative estimate of drug-likeness (QED) is 0.689. The fourth-order valence-electron chi connectivity index (χ4n) is 2.87. The number of hydrogen-bond donors (Lipinski definition) is 0. The topological polar surface area (TPSA) is 26.5 Å². The number of benzene rings is 1. The summed E-state index contributed by atoms with van der Waals surface area (Å²) in [7, 11) is 1.68. The molecule has 1 aromatic carbocycles. The Kier molecular flexibility index (Phi) is 3.44. The van der Waals surface area contributed by atoms with Crippen molar-refractivity contribution in [3.63, 3.8) is 0 Å². The number of nitrogens with zero attached hydrogens (tertiary/aromatic N) is 2. The molecule has 0 saturated carbocycles. The first-order valence-corrected chi connectivity index (χ1v) is 7.54. The van der Waals surface area contributed by atoms with Crippen LogP contribution in [0.15, 0.2) is 42.6 Å². The van der Waals surface area contributed by atoms with E-state index in [2.05, 4.69) is 62.6 Å². The lowest BCUT2D eigenvalue weighted by Crippen LogP contribution is -2.15. The van der Waals surface area contributed by atoms with E-state index in [1.165, 1.54) is 11.3 Å². The Hall–Kier alpha value is -2.29. The average molecular weight is 294 g/mol.